The Morgan fingerprint density at radius 3 is 1.25 bits per heavy atom. The van der Waals surface area contributed by atoms with E-state index < -0.39 is 0 Å². The van der Waals surface area contributed by atoms with Gasteiger partial charge in [-0.1, -0.05) is 27.7 Å². The summed E-state index contributed by atoms with van der Waals surface area (Å²) in [7, 11) is 0. The fourth-order valence-corrected chi connectivity index (χ4v) is 4.10. The zero-order valence-corrected chi connectivity index (χ0v) is 8.98. The van der Waals surface area contributed by atoms with Crippen molar-refractivity contribution in [1.82, 2.24) is 0 Å². The molecule has 2 aliphatic carbocycles. The highest BCUT2D eigenvalue weighted by molar-refractivity contribution is 5.16. The third kappa shape index (κ3) is 0.744. The number of rotatable bonds is 2. The summed E-state index contributed by atoms with van der Waals surface area (Å²) in [6.07, 6.45) is 6.10. The van der Waals surface area contributed by atoms with Crippen molar-refractivity contribution >= 4 is 0 Å². The molecule has 1 spiro atoms. The van der Waals surface area contributed by atoms with Crippen molar-refractivity contribution in [3.63, 3.8) is 0 Å². The van der Waals surface area contributed by atoms with Gasteiger partial charge in [-0.25, -0.2) is 0 Å². The SMILES string of the molecule is CC(C)C1(C(C)C)CCC12CC2. The molecule has 0 heteroatoms. The van der Waals surface area contributed by atoms with Gasteiger partial charge in [0.25, 0.3) is 0 Å². The summed E-state index contributed by atoms with van der Waals surface area (Å²) in [5, 5.41) is 0. The van der Waals surface area contributed by atoms with Gasteiger partial charge >= 0.3 is 0 Å². The van der Waals surface area contributed by atoms with Crippen LogP contribution in [-0.4, -0.2) is 0 Å². The molecule has 0 nitrogen and oxygen atoms in total. The fourth-order valence-electron chi connectivity index (χ4n) is 4.10. The van der Waals surface area contributed by atoms with E-state index in [2.05, 4.69) is 27.7 Å². The van der Waals surface area contributed by atoms with Gasteiger partial charge in [-0.2, -0.15) is 0 Å². The van der Waals surface area contributed by atoms with Crippen LogP contribution in [-0.2, 0) is 0 Å². The molecule has 0 bridgehead atoms. The highest BCUT2D eigenvalue weighted by Gasteiger charge is 2.67. The molecule has 2 saturated carbocycles. The lowest BCUT2D eigenvalue weighted by Gasteiger charge is -2.57. The van der Waals surface area contributed by atoms with E-state index in [1.165, 1.54) is 25.7 Å². The molecule has 0 aromatic heterocycles. The van der Waals surface area contributed by atoms with Crippen LogP contribution in [0.4, 0.5) is 0 Å². The molecule has 0 radical (unpaired) electrons. The molecule has 0 saturated heterocycles. The van der Waals surface area contributed by atoms with E-state index in [1.807, 2.05) is 0 Å². The van der Waals surface area contributed by atoms with E-state index in [4.69, 9.17) is 0 Å². The quantitative estimate of drug-likeness (QED) is 0.584. The standard InChI is InChI=1S/C12H22/c1-9(2)12(10(3)4)8-7-11(12)5-6-11/h9-10H,5-8H2,1-4H3. The Morgan fingerprint density at radius 2 is 1.17 bits per heavy atom. The average molecular weight is 166 g/mol. The minimum absolute atomic E-state index is 0.729. The Kier molecular flexibility index (Phi) is 1.63. The van der Waals surface area contributed by atoms with Crippen molar-refractivity contribution in [3.05, 3.63) is 0 Å². The molecular weight excluding hydrogens is 144 g/mol. The lowest BCUT2D eigenvalue weighted by atomic mass is 9.47. The van der Waals surface area contributed by atoms with Gasteiger partial charge in [-0.05, 0) is 48.3 Å². The fraction of sp³-hybridized carbons (Fsp3) is 1.00. The first-order valence-corrected chi connectivity index (χ1v) is 5.55. The van der Waals surface area contributed by atoms with Crippen LogP contribution in [0.15, 0.2) is 0 Å². The van der Waals surface area contributed by atoms with E-state index in [0.29, 0.717) is 0 Å². The number of hydrogen-bond acceptors (Lipinski definition) is 0. The summed E-state index contributed by atoms with van der Waals surface area (Å²) in [5.41, 5.74) is 1.56. The normalized spacial score (nSPS) is 29.5. The third-order valence-corrected chi connectivity index (χ3v) is 4.92. The van der Waals surface area contributed by atoms with Gasteiger partial charge in [0.1, 0.15) is 0 Å². The van der Waals surface area contributed by atoms with Crippen molar-refractivity contribution in [1.29, 1.82) is 0 Å². The van der Waals surface area contributed by atoms with Crippen molar-refractivity contribution in [2.45, 2.75) is 53.4 Å². The minimum Gasteiger partial charge on any atom is -0.0622 e. The summed E-state index contributed by atoms with van der Waals surface area (Å²) in [4.78, 5) is 0. The van der Waals surface area contributed by atoms with Crippen LogP contribution in [0.3, 0.4) is 0 Å². The Bertz CT molecular complexity index is 176. The van der Waals surface area contributed by atoms with Crippen molar-refractivity contribution < 1.29 is 0 Å². The Labute approximate surface area is 76.7 Å². The molecule has 0 N–H and O–H groups in total. The molecule has 2 rings (SSSR count). The van der Waals surface area contributed by atoms with Crippen molar-refractivity contribution in [2.75, 3.05) is 0 Å². The van der Waals surface area contributed by atoms with Gasteiger partial charge in [-0.3, -0.25) is 0 Å². The maximum atomic E-state index is 2.43. The van der Waals surface area contributed by atoms with Gasteiger partial charge in [-0.15, -0.1) is 0 Å². The average Bonchev–Trinajstić information content (AvgIpc) is 2.62. The van der Waals surface area contributed by atoms with Crippen LogP contribution in [0.25, 0.3) is 0 Å². The van der Waals surface area contributed by atoms with E-state index in [0.717, 1.165) is 22.7 Å². The van der Waals surface area contributed by atoms with Crippen LogP contribution in [0.1, 0.15) is 53.4 Å². The molecule has 2 fully saturated rings. The molecule has 0 amide bonds. The van der Waals surface area contributed by atoms with E-state index in [9.17, 15) is 0 Å². The minimum atomic E-state index is 0.729. The van der Waals surface area contributed by atoms with Crippen LogP contribution < -0.4 is 0 Å². The van der Waals surface area contributed by atoms with Gasteiger partial charge in [0.2, 0.25) is 0 Å². The maximum Gasteiger partial charge on any atom is -0.0195 e. The first-order valence-electron chi connectivity index (χ1n) is 5.55. The molecule has 0 heterocycles. The molecule has 0 unspecified atom stereocenters. The first kappa shape index (κ1) is 8.59. The van der Waals surface area contributed by atoms with Crippen LogP contribution >= 0.6 is 0 Å². The molecule has 0 atom stereocenters. The molecule has 70 valence electrons. The molecule has 12 heavy (non-hydrogen) atoms. The number of hydrogen-bond donors (Lipinski definition) is 0. The Morgan fingerprint density at radius 1 is 0.750 bits per heavy atom. The highest BCUT2D eigenvalue weighted by atomic mass is 14.7. The summed E-state index contributed by atoms with van der Waals surface area (Å²) >= 11 is 0. The summed E-state index contributed by atoms with van der Waals surface area (Å²) in [6, 6.07) is 0. The van der Waals surface area contributed by atoms with Crippen molar-refractivity contribution in [3.8, 4) is 0 Å². The Hall–Kier alpha value is 0. The van der Waals surface area contributed by atoms with E-state index in [1.54, 1.807) is 0 Å². The molecular formula is C12H22. The molecule has 2 aliphatic rings. The summed E-state index contributed by atoms with van der Waals surface area (Å²) in [6.45, 7) is 9.72. The maximum absolute atomic E-state index is 2.43. The molecule has 0 aliphatic heterocycles. The molecule has 0 aromatic rings. The van der Waals surface area contributed by atoms with Gasteiger partial charge in [0.15, 0.2) is 0 Å². The monoisotopic (exact) mass is 166 g/mol. The zero-order chi connectivity index (χ0) is 8.98. The topological polar surface area (TPSA) is 0 Å². The largest absolute Gasteiger partial charge is 0.0622 e. The zero-order valence-electron chi connectivity index (χ0n) is 8.98. The van der Waals surface area contributed by atoms with Crippen LogP contribution in [0, 0.1) is 22.7 Å². The second kappa shape index (κ2) is 2.27. The Balaban J connectivity index is 2.24. The summed E-state index contributed by atoms with van der Waals surface area (Å²) in [5.74, 6) is 1.79. The molecule has 0 aromatic carbocycles. The highest BCUT2D eigenvalue weighted by Crippen LogP contribution is 2.76. The smallest absolute Gasteiger partial charge is 0.0195 e. The van der Waals surface area contributed by atoms with Crippen LogP contribution in [0.2, 0.25) is 0 Å². The lowest BCUT2D eigenvalue weighted by Crippen LogP contribution is -2.50. The third-order valence-electron chi connectivity index (χ3n) is 4.92. The van der Waals surface area contributed by atoms with Crippen molar-refractivity contribution in [2.24, 2.45) is 22.7 Å². The van der Waals surface area contributed by atoms with Gasteiger partial charge < -0.3 is 0 Å². The predicted molar refractivity (Wildman–Crippen MR) is 53.0 cm³/mol. The second-order valence-corrected chi connectivity index (χ2v) is 5.63. The summed E-state index contributed by atoms with van der Waals surface area (Å²) < 4.78 is 0. The lowest BCUT2D eigenvalue weighted by molar-refractivity contribution is -0.0833. The van der Waals surface area contributed by atoms with E-state index >= 15 is 0 Å². The van der Waals surface area contributed by atoms with Gasteiger partial charge in [0, 0.05) is 0 Å². The van der Waals surface area contributed by atoms with E-state index in [-0.39, 0.29) is 0 Å². The predicted octanol–water partition coefficient (Wildman–Crippen LogP) is 3.86. The van der Waals surface area contributed by atoms with Gasteiger partial charge in [0.05, 0.1) is 0 Å². The second-order valence-electron chi connectivity index (χ2n) is 5.63. The van der Waals surface area contributed by atoms with Crippen LogP contribution in [0.5, 0.6) is 0 Å². The first-order chi connectivity index (χ1) is 5.55.